The Morgan fingerprint density at radius 1 is 0.938 bits per heavy atom. The second-order valence-electron chi connectivity index (χ2n) is 7.90. The van der Waals surface area contributed by atoms with E-state index < -0.39 is 0 Å². The molecule has 0 spiro atoms. The van der Waals surface area contributed by atoms with Gasteiger partial charge in [-0.2, -0.15) is 0 Å². The van der Waals surface area contributed by atoms with Gasteiger partial charge in [-0.3, -0.25) is 9.59 Å². The highest BCUT2D eigenvalue weighted by molar-refractivity contribution is 6.08. The molecule has 0 fully saturated rings. The van der Waals surface area contributed by atoms with E-state index in [-0.39, 0.29) is 17.9 Å². The fourth-order valence-electron chi connectivity index (χ4n) is 3.76. The fourth-order valence-corrected chi connectivity index (χ4v) is 3.76. The summed E-state index contributed by atoms with van der Waals surface area (Å²) in [6.45, 7) is 4.53. The van der Waals surface area contributed by atoms with Gasteiger partial charge >= 0.3 is 0 Å². The molecule has 2 amide bonds. The van der Waals surface area contributed by atoms with Gasteiger partial charge in [-0.1, -0.05) is 18.2 Å². The van der Waals surface area contributed by atoms with E-state index in [9.17, 15) is 9.59 Å². The van der Waals surface area contributed by atoms with E-state index in [1.165, 1.54) is 5.56 Å². The number of ether oxygens (including phenoxy) is 2. The van der Waals surface area contributed by atoms with Gasteiger partial charge in [-0.25, -0.2) is 0 Å². The number of methoxy groups -OCH3 is 1. The van der Waals surface area contributed by atoms with Crippen molar-refractivity contribution >= 4 is 23.2 Å². The molecule has 6 nitrogen and oxygen atoms in total. The number of nitrogens with one attached hydrogen (secondary N) is 1. The average molecular weight is 431 g/mol. The molecule has 0 aliphatic carbocycles. The van der Waals surface area contributed by atoms with Gasteiger partial charge < -0.3 is 19.7 Å². The average Bonchev–Trinajstić information content (AvgIpc) is 3.23. The van der Waals surface area contributed by atoms with Crippen LogP contribution in [-0.2, 0) is 6.42 Å². The normalized spacial score (nSPS) is 12.4. The number of fused-ring (bicyclic) bond motifs is 1. The summed E-state index contributed by atoms with van der Waals surface area (Å²) in [5.74, 6) is 0.772. The number of rotatable bonds is 6. The van der Waals surface area contributed by atoms with E-state index >= 15 is 0 Å². The van der Waals surface area contributed by atoms with Crippen LogP contribution in [0.5, 0.6) is 11.5 Å². The van der Waals surface area contributed by atoms with Crippen LogP contribution in [0, 0.1) is 0 Å². The van der Waals surface area contributed by atoms with Crippen molar-refractivity contribution in [3.63, 3.8) is 0 Å². The summed E-state index contributed by atoms with van der Waals surface area (Å²) in [5.41, 5.74) is 3.79. The standard InChI is InChI=1S/C26H26N2O4/c1-17(2)32-23-13-10-20(16-24(23)31-3)25(29)27-21-11-8-19(9-12-21)26(30)28-15-14-18-6-4-5-7-22(18)28/h4-13,16-17H,14-15H2,1-3H3,(H,27,29). The number of hydrogen-bond acceptors (Lipinski definition) is 4. The number of benzene rings is 3. The molecule has 3 aromatic rings. The predicted octanol–water partition coefficient (Wildman–Crippen LogP) is 4.94. The van der Waals surface area contributed by atoms with Crippen molar-refractivity contribution in [3.05, 3.63) is 83.4 Å². The van der Waals surface area contributed by atoms with Crippen LogP contribution in [0.1, 0.15) is 40.1 Å². The summed E-state index contributed by atoms with van der Waals surface area (Å²) in [7, 11) is 1.54. The number of carbonyl (C=O) groups excluding carboxylic acids is 2. The third kappa shape index (κ3) is 4.44. The SMILES string of the molecule is COc1cc(C(=O)Nc2ccc(C(=O)N3CCc4ccccc43)cc2)ccc1OC(C)C. The van der Waals surface area contributed by atoms with Gasteiger partial charge in [0.05, 0.1) is 13.2 Å². The lowest BCUT2D eigenvalue weighted by atomic mass is 10.1. The van der Waals surface area contributed by atoms with Crippen molar-refractivity contribution in [2.24, 2.45) is 0 Å². The molecule has 1 aliphatic heterocycles. The largest absolute Gasteiger partial charge is 0.493 e. The first-order valence-electron chi connectivity index (χ1n) is 10.6. The summed E-state index contributed by atoms with van der Waals surface area (Å²) in [6.07, 6.45) is 0.861. The Balaban J connectivity index is 1.45. The van der Waals surface area contributed by atoms with Crippen molar-refractivity contribution in [1.82, 2.24) is 0 Å². The maximum atomic E-state index is 13.0. The molecule has 0 atom stereocenters. The Morgan fingerprint density at radius 3 is 2.38 bits per heavy atom. The molecule has 1 N–H and O–H groups in total. The lowest BCUT2D eigenvalue weighted by Crippen LogP contribution is -2.28. The molecule has 0 saturated heterocycles. The zero-order chi connectivity index (χ0) is 22.7. The Kier molecular flexibility index (Phi) is 6.12. The minimum absolute atomic E-state index is 0.00107. The predicted molar refractivity (Wildman–Crippen MR) is 125 cm³/mol. The quantitative estimate of drug-likeness (QED) is 0.602. The van der Waals surface area contributed by atoms with E-state index in [2.05, 4.69) is 11.4 Å². The van der Waals surface area contributed by atoms with E-state index in [1.54, 1.807) is 54.5 Å². The molecular weight excluding hydrogens is 404 g/mol. The van der Waals surface area contributed by atoms with Gasteiger partial charge in [0.15, 0.2) is 11.5 Å². The molecule has 4 rings (SSSR count). The van der Waals surface area contributed by atoms with Crippen molar-refractivity contribution in [2.45, 2.75) is 26.4 Å². The lowest BCUT2D eigenvalue weighted by molar-refractivity contribution is 0.0988. The molecular formula is C26H26N2O4. The number of carbonyl (C=O) groups is 2. The van der Waals surface area contributed by atoms with Gasteiger partial charge in [0.1, 0.15) is 0 Å². The van der Waals surface area contributed by atoms with E-state index in [0.29, 0.717) is 34.9 Å². The highest BCUT2D eigenvalue weighted by Gasteiger charge is 2.25. The Labute approximate surface area is 187 Å². The number of nitrogens with zero attached hydrogens (tertiary/aromatic N) is 1. The summed E-state index contributed by atoms with van der Waals surface area (Å²) < 4.78 is 11.1. The first-order valence-corrected chi connectivity index (χ1v) is 10.6. The lowest BCUT2D eigenvalue weighted by Gasteiger charge is -2.17. The minimum Gasteiger partial charge on any atom is -0.493 e. The smallest absolute Gasteiger partial charge is 0.258 e. The second-order valence-corrected chi connectivity index (χ2v) is 7.90. The van der Waals surface area contributed by atoms with E-state index in [4.69, 9.17) is 9.47 Å². The van der Waals surface area contributed by atoms with Gasteiger partial charge in [-0.15, -0.1) is 0 Å². The van der Waals surface area contributed by atoms with Gasteiger partial charge in [0.25, 0.3) is 11.8 Å². The summed E-state index contributed by atoms with van der Waals surface area (Å²) in [5, 5.41) is 2.86. The monoisotopic (exact) mass is 430 g/mol. The zero-order valence-electron chi connectivity index (χ0n) is 18.4. The van der Waals surface area contributed by atoms with E-state index in [1.807, 2.05) is 32.0 Å². The molecule has 6 heteroatoms. The summed E-state index contributed by atoms with van der Waals surface area (Å²) in [6, 6.07) is 20.0. The summed E-state index contributed by atoms with van der Waals surface area (Å²) >= 11 is 0. The first kappa shape index (κ1) is 21.4. The molecule has 1 heterocycles. The zero-order valence-corrected chi connectivity index (χ0v) is 18.4. The highest BCUT2D eigenvalue weighted by atomic mass is 16.5. The molecule has 0 saturated carbocycles. The first-order chi connectivity index (χ1) is 15.5. The fraction of sp³-hybridized carbons (Fsp3) is 0.231. The van der Waals surface area contributed by atoms with Gasteiger partial charge in [0.2, 0.25) is 0 Å². The Bertz CT molecular complexity index is 1140. The van der Waals surface area contributed by atoms with Crippen LogP contribution < -0.4 is 19.7 Å². The van der Waals surface area contributed by atoms with Crippen LogP contribution in [0.3, 0.4) is 0 Å². The maximum Gasteiger partial charge on any atom is 0.258 e. The van der Waals surface area contributed by atoms with Crippen molar-refractivity contribution in [2.75, 3.05) is 23.9 Å². The van der Waals surface area contributed by atoms with Crippen molar-refractivity contribution in [1.29, 1.82) is 0 Å². The number of hydrogen-bond donors (Lipinski definition) is 1. The third-order valence-corrected chi connectivity index (χ3v) is 5.31. The Hall–Kier alpha value is -3.80. The number of anilines is 2. The molecule has 0 bridgehead atoms. The molecule has 0 radical (unpaired) electrons. The molecule has 0 aromatic heterocycles. The number of amides is 2. The molecule has 0 unspecified atom stereocenters. The van der Waals surface area contributed by atoms with Gasteiger partial charge in [-0.05, 0) is 74.4 Å². The molecule has 32 heavy (non-hydrogen) atoms. The van der Waals surface area contributed by atoms with Gasteiger partial charge in [0, 0.05) is 29.0 Å². The molecule has 3 aromatic carbocycles. The third-order valence-electron chi connectivity index (χ3n) is 5.31. The van der Waals surface area contributed by atoms with Crippen molar-refractivity contribution < 1.29 is 19.1 Å². The summed E-state index contributed by atoms with van der Waals surface area (Å²) in [4.78, 5) is 27.5. The van der Waals surface area contributed by atoms with Crippen LogP contribution in [0.15, 0.2) is 66.7 Å². The van der Waals surface area contributed by atoms with Crippen LogP contribution in [0.25, 0.3) is 0 Å². The topological polar surface area (TPSA) is 67.9 Å². The second kappa shape index (κ2) is 9.14. The van der Waals surface area contributed by atoms with Crippen LogP contribution in [0.4, 0.5) is 11.4 Å². The molecule has 164 valence electrons. The highest BCUT2D eigenvalue weighted by Crippen LogP contribution is 2.30. The number of para-hydroxylation sites is 1. The van der Waals surface area contributed by atoms with Crippen LogP contribution in [-0.4, -0.2) is 31.6 Å². The van der Waals surface area contributed by atoms with E-state index in [0.717, 1.165) is 12.1 Å². The van der Waals surface area contributed by atoms with Crippen LogP contribution >= 0.6 is 0 Å². The van der Waals surface area contributed by atoms with Crippen molar-refractivity contribution in [3.8, 4) is 11.5 Å². The van der Waals surface area contributed by atoms with Crippen LogP contribution in [0.2, 0.25) is 0 Å². The molecule has 1 aliphatic rings. The maximum absolute atomic E-state index is 13.0. The minimum atomic E-state index is -0.271. The Morgan fingerprint density at radius 2 is 1.66 bits per heavy atom.